The van der Waals surface area contributed by atoms with Crippen molar-refractivity contribution >= 4 is 11.9 Å². The van der Waals surface area contributed by atoms with Crippen LogP contribution in [0.2, 0.25) is 0 Å². The number of hydrogen-bond acceptors (Lipinski definition) is 5. The summed E-state index contributed by atoms with van der Waals surface area (Å²) in [6.45, 7) is 4.23. The standard InChI is InChI=1S/C13H17N5O2/c1-2-18-12(11(14)19)15-16-13(18)17-6-5-9(8-17)10-4-3-7-20-10/h3-4,7,9H,2,5-6,8H2,1H3,(H2,14,19). The molecule has 0 saturated carbocycles. The first-order chi connectivity index (χ1) is 9.70. The van der Waals surface area contributed by atoms with E-state index in [0.29, 0.717) is 18.4 Å². The first kappa shape index (κ1) is 12.7. The van der Waals surface area contributed by atoms with Gasteiger partial charge in [0.25, 0.3) is 5.91 Å². The minimum Gasteiger partial charge on any atom is -0.469 e. The van der Waals surface area contributed by atoms with Crippen LogP contribution in [0.4, 0.5) is 5.95 Å². The number of furan rings is 1. The second-order valence-corrected chi connectivity index (χ2v) is 4.88. The van der Waals surface area contributed by atoms with E-state index in [1.54, 1.807) is 10.8 Å². The second-order valence-electron chi connectivity index (χ2n) is 4.88. The van der Waals surface area contributed by atoms with Crippen LogP contribution in [-0.2, 0) is 6.54 Å². The monoisotopic (exact) mass is 275 g/mol. The van der Waals surface area contributed by atoms with Crippen molar-refractivity contribution in [3.63, 3.8) is 0 Å². The van der Waals surface area contributed by atoms with Crippen LogP contribution in [0.1, 0.15) is 35.6 Å². The van der Waals surface area contributed by atoms with E-state index >= 15 is 0 Å². The molecule has 3 rings (SSSR count). The number of primary amides is 1. The minimum absolute atomic E-state index is 0.212. The molecule has 2 N–H and O–H groups in total. The zero-order valence-corrected chi connectivity index (χ0v) is 11.3. The molecule has 1 aliphatic heterocycles. The van der Waals surface area contributed by atoms with Gasteiger partial charge in [-0.2, -0.15) is 0 Å². The highest BCUT2D eigenvalue weighted by molar-refractivity contribution is 5.89. The van der Waals surface area contributed by atoms with Gasteiger partial charge in [0.2, 0.25) is 11.8 Å². The lowest BCUT2D eigenvalue weighted by atomic mass is 10.1. The molecule has 1 aliphatic rings. The van der Waals surface area contributed by atoms with Gasteiger partial charge < -0.3 is 15.1 Å². The molecule has 0 aliphatic carbocycles. The van der Waals surface area contributed by atoms with Crippen LogP contribution in [0.25, 0.3) is 0 Å². The van der Waals surface area contributed by atoms with Gasteiger partial charge in [-0.3, -0.25) is 9.36 Å². The third-order valence-corrected chi connectivity index (χ3v) is 3.68. The van der Waals surface area contributed by atoms with Crippen LogP contribution >= 0.6 is 0 Å². The van der Waals surface area contributed by atoms with Gasteiger partial charge in [-0.05, 0) is 25.5 Å². The zero-order valence-electron chi connectivity index (χ0n) is 11.3. The van der Waals surface area contributed by atoms with Crippen LogP contribution in [-0.4, -0.2) is 33.8 Å². The fourth-order valence-electron chi connectivity index (χ4n) is 2.70. The van der Waals surface area contributed by atoms with Crippen molar-refractivity contribution in [1.82, 2.24) is 14.8 Å². The average Bonchev–Trinajstić information content (AvgIpc) is 3.16. The Morgan fingerprint density at radius 3 is 3.05 bits per heavy atom. The van der Waals surface area contributed by atoms with E-state index in [0.717, 1.165) is 25.3 Å². The lowest BCUT2D eigenvalue weighted by molar-refractivity contribution is 0.0986. The summed E-state index contributed by atoms with van der Waals surface area (Å²) in [5, 5.41) is 8.01. The molecule has 0 radical (unpaired) electrons. The normalized spacial score (nSPS) is 18.6. The molecule has 20 heavy (non-hydrogen) atoms. The maximum absolute atomic E-state index is 11.3. The number of anilines is 1. The van der Waals surface area contributed by atoms with Crippen molar-refractivity contribution in [3.05, 3.63) is 30.0 Å². The Hall–Kier alpha value is -2.31. The molecule has 3 heterocycles. The Morgan fingerprint density at radius 2 is 2.40 bits per heavy atom. The van der Waals surface area contributed by atoms with Gasteiger partial charge in [0.1, 0.15) is 5.76 Å². The Labute approximate surface area is 116 Å². The van der Waals surface area contributed by atoms with Gasteiger partial charge in [0.15, 0.2) is 0 Å². The summed E-state index contributed by atoms with van der Waals surface area (Å²) >= 11 is 0. The molecule has 0 bridgehead atoms. The number of nitrogens with zero attached hydrogens (tertiary/aromatic N) is 4. The molecule has 7 heteroatoms. The molecule has 1 amide bonds. The number of rotatable bonds is 4. The van der Waals surface area contributed by atoms with Gasteiger partial charge in [-0.25, -0.2) is 0 Å². The molecule has 2 aromatic rings. The van der Waals surface area contributed by atoms with Gasteiger partial charge in [0.05, 0.1) is 6.26 Å². The van der Waals surface area contributed by atoms with Crippen molar-refractivity contribution in [2.24, 2.45) is 5.73 Å². The third kappa shape index (κ3) is 2.04. The maximum Gasteiger partial charge on any atom is 0.286 e. The number of carbonyl (C=O) groups is 1. The number of carbonyl (C=O) groups excluding carboxylic acids is 1. The SMILES string of the molecule is CCn1c(C(N)=O)nnc1N1CCC(c2ccco2)C1. The maximum atomic E-state index is 11.3. The molecule has 1 fully saturated rings. The lowest BCUT2D eigenvalue weighted by Gasteiger charge is -2.17. The molecule has 1 atom stereocenters. The van der Waals surface area contributed by atoms with E-state index in [1.807, 2.05) is 19.1 Å². The van der Waals surface area contributed by atoms with E-state index in [2.05, 4.69) is 15.1 Å². The molecular weight excluding hydrogens is 258 g/mol. The highest BCUT2D eigenvalue weighted by Crippen LogP contribution is 2.30. The van der Waals surface area contributed by atoms with Crippen molar-refractivity contribution in [2.45, 2.75) is 25.8 Å². The topological polar surface area (TPSA) is 90.2 Å². The summed E-state index contributed by atoms with van der Waals surface area (Å²) < 4.78 is 7.21. The van der Waals surface area contributed by atoms with Crippen LogP contribution < -0.4 is 10.6 Å². The fraction of sp³-hybridized carbons (Fsp3) is 0.462. The minimum atomic E-state index is -0.549. The first-order valence-electron chi connectivity index (χ1n) is 6.72. The molecule has 1 unspecified atom stereocenters. The Balaban J connectivity index is 1.83. The summed E-state index contributed by atoms with van der Waals surface area (Å²) in [5.74, 6) is 1.71. The van der Waals surface area contributed by atoms with Gasteiger partial charge in [-0.1, -0.05) is 0 Å². The van der Waals surface area contributed by atoms with Crippen LogP contribution in [0.3, 0.4) is 0 Å². The highest BCUT2D eigenvalue weighted by atomic mass is 16.3. The summed E-state index contributed by atoms with van der Waals surface area (Å²) in [5.41, 5.74) is 5.31. The van der Waals surface area contributed by atoms with E-state index < -0.39 is 5.91 Å². The van der Waals surface area contributed by atoms with Crippen LogP contribution in [0, 0.1) is 0 Å². The predicted octanol–water partition coefficient (Wildman–Crippen LogP) is 0.984. The number of nitrogens with two attached hydrogens (primary N) is 1. The van der Waals surface area contributed by atoms with Gasteiger partial charge >= 0.3 is 0 Å². The van der Waals surface area contributed by atoms with E-state index in [1.165, 1.54) is 0 Å². The molecule has 106 valence electrons. The smallest absolute Gasteiger partial charge is 0.286 e. The van der Waals surface area contributed by atoms with Crippen LogP contribution in [0.5, 0.6) is 0 Å². The quantitative estimate of drug-likeness (QED) is 0.898. The van der Waals surface area contributed by atoms with Crippen LogP contribution in [0.15, 0.2) is 22.8 Å². The molecule has 0 spiro atoms. The van der Waals surface area contributed by atoms with Crippen molar-refractivity contribution in [3.8, 4) is 0 Å². The van der Waals surface area contributed by atoms with E-state index in [4.69, 9.17) is 10.2 Å². The molecule has 2 aromatic heterocycles. The van der Waals surface area contributed by atoms with E-state index in [-0.39, 0.29) is 5.82 Å². The lowest BCUT2D eigenvalue weighted by Crippen LogP contribution is -2.25. The third-order valence-electron chi connectivity index (χ3n) is 3.68. The van der Waals surface area contributed by atoms with Gasteiger partial charge in [-0.15, -0.1) is 10.2 Å². The molecule has 1 saturated heterocycles. The predicted molar refractivity (Wildman–Crippen MR) is 72.5 cm³/mol. The number of hydrogen-bond donors (Lipinski definition) is 1. The number of aromatic nitrogens is 3. The molecule has 7 nitrogen and oxygen atoms in total. The summed E-state index contributed by atoms with van der Waals surface area (Å²) in [6, 6.07) is 3.89. The van der Waals surface area contributed by atoms with Crippen molar-refractivity contribution in [2.75, 3.05) is 18.0 Å². The summed E-state index contributed by atoms with van der Waals surface area (Å²) in [4.78, 5) is 13.4. The zero-order chi connectivity index (χ0) is 14.1. The van der Waals surface area contributed by atoms with E-state index in [9.17, 15) is 4.79 Å². The fourth-order valence-corrected chi connectivity index (χ4v) is 2.70. The Morgan fingerprint density at radius 1 is 1.55 bits per heavy atom. The van der Waals surface area contributed by atoms with Crippen molar-refractivity contribution < 1.29 is 9.21 Å². The highest BCUT2D eigenvalue weighted by Gasteiger charge is 2.29. The second kappa shape index (κ2) is 4.99. The average molecular weight is 275 g/mol. The first-order valence-corrected chi connectivity index (χ1v) is 6.72. The molecule has 0 aromatic carbocycles. The summed E-state index contributed by atoms with van der Waals surface area (Å²) in [6.07, 6.45) is 2.69. The Kier molecular flexibility index (Phi) is 3.17. The largest absolute Gasteiger partial charge is 0.469 e. The van der Waals surface area contributed by atoms with Crippen molar-refractivity contribution in [1.29, 1.82) is 0 Å². The van der Waals surface area contributed by atoms with Gasteiger partial charge in [0, 0.05) is 25.6 Å². The molecular formula is C13H17N5O2. The summed E-state index contributed by atoms with van der Waals surface area (Å²) in [7, 11) is 0. The Bertz CT molecular complexity index is 604. The number of amides is 1.